The van der Waals surface area contributed by atoms with Gasteiger partial charge in [-0.15, -0.1) is 0 Å². The van der Waals surface area contributed by atoms with Crippen molar-refractivity contribution in [1.29, 1.82) is 0 Å². The Morgan fingerprint density at radius 3 is 1.81 bits per heavy atom. The predicted octanol–water partition coefficient (Wildman–Crippen LogP) is 8.99. The van der Waals surface area contributed by atoms with E-state index in [1.165, 1.54) is 18.9 Å². The van der Waals surface area contributed by atoms with Crippen LogP contribution in [0.2, 0.25) is 0 Å². The zero-order chi connectivity index (χ0) is 22.8. The zero-order valence-corrected chi connectivity index (χ0v) is 19.3. The number of halogens is 2. The van der Waals surface area contributed by atoms with Crippen LogP contribution in [0.15, 0.2) is 60.7 Å². The van der Waals surface area contributed by atoms with Crippen molar-refractivity contribution in [2.24, 2.45) is 0 Å². The molecule has 170 valence electrons. The van der Waals surface area contributed by atoms with Gasteiger partial charge < -0.3 is 4.74 Å². The number of rotatable bonds is 12. The molecule has 0 aromatic heterocycles. The van der Waals surface area contributed by atoms with Crippen molar-refractivity contribution in [2.45, 2.75) is 65.2 Å². The fourth-order valence-corrected chi connectivity index (χ4v) is 3.90. The van der Waals surface area contributed by atoms with Gasteiger partial charge in [0.1, 0.15) is 17.4 Å². The van der Waals surface area contributed by atoms with E-state index in [1.54, 1.807) is 12.1 Å². The Kier molecular flexibility index (Phi) is 9.27. The third kappa shape index (κ3) is 6.66. The molecule has 32 heavy (non-hydrogen) atoms. The van der Waals surface area contributed by atoms with E-state index in [4.69, 9.17) is 4.74 Å². The van der Waals surface area contributed by atoms with Crippen LogP contribution in [-0.4, -0.2) is 6.61 Å². The van der Waals surface area contributed by atoms with Crippen LogP contribution in [-0.2, 0) is 6.42 Å². The quantitative estimate of drug-likeness (QED) is 0.257. The third-order valence-corrected chi connectivity index (χ3v) is 5.82. The van der Waals surface area contributed by atoms with Gasteiger partial charge in [0.15, 0.2) is 0 Å². The van der Waals surface area contributed by atoms with Crippen molar-refractivity contribution in [3.8, 4) is 28.0 Å². The maximum absolute atomic E-state index is 14.7. The van der Waals surface area contributed by atoms with E-state index in [2.05, 4.69) is 13.8 Å². The molecule has 0 heterocycles. The van der Waals surface area contributed by atoms with Gasteiger partial charge in [-0.05, 0) is 54.2 Å². The van der Waals surface area contributed by atoms with Gasteiger partial charge in [-0.2, -0.15) is 0 Å². The number of ether oxygens (including phenoxy) is 1. The standard InChI is InChI=1S/C29H34F2O/c1-3-5-7-9-19-32-25-16-18-27(29(31)21-25)24-14-12-23(13-15-24)26-17-11-22(20-28(26)30)10-8-6-4-2/h11-18,20-21H,3-10,19H2,1-2H3. The van der Waals surface area contributed by atoms with E-state index in [1.807, 2.05) is 42.5 Å². The molecule has 0 saturated heterocycles. The summed E-state index contributed by atoms with van der Waals surface area (Å²) in [7, 11) is 0. The highest BCUT2D eigenvalue weighted by Gasteiger charge is 2.10. The van der Waals surface area contributed by atoms with Crippen molar-refractivity contribution in [3.05, 3.63) is 77.9 Å². The van der Waals surface area contributed by atoms with Crippen LogP contribution in [0.4, 0.5) is 8.78 Å². The molecule has 0 fully saturated rings. The molecule has 0 unspecified atom stereocenters. The summed E-state index contributed by atoms with van der Waals surface area (Å²) in [6.07, 6.45) is 8.79. The third-order valence-electron chi connectivity index (χ3n) is 5.82. The summed E-state index contributed by atoms with van der Waals surface area (Å²) in [6.45, 7) is 4.94. The lowest BCUT2D eigenvalue weighted by Crippen LogP contribution is -1.98. The summed E-state index contributed by atoms with van der Waals surface area (Å²) in [6, 6.07) is 17.9. The van der Waals surface area contributed by atoms with Gasteiger partial charge >= 0.3 is 0 Å². The van der Waals surface area contributed by atoms with Gasteiger partial charge in [-0.3, -0.25) is 0 Å². The first-order chi connectivity index (χ1) is 15.6. The maximum Gasteiger partial charge on any atom is 0.134 e. The van der Waals surface area contributed by atoms with E-state index in [9.17, 15) is 8.78 Å². The Balaban J connectivity index is 1.66. The second-order valence-corrected chi connectivity index (χ2v) is 8.40. The van der Waals surface area contributed by atoms with Crippen molar-refractivity contribution >= 4 is 0 Å². The molecule has 0 saturated carbocycles. The average Bonchev–Trinajstić information content (AvgIpc) is 2.80. The normalized spacial score (nSPS) is 11.0. The number of unbranched alkanes of at least 4 members (excludes halogenated alkanes) is 5. The summed E-state index contributed by atoms with van der Waals surface area (Å²) in [5, 5.41) is 0. The van der Waals surface area contributed by atoms with E-state index >= 15 is 0 Å². The Bertz CT molecular complexity index is 979. The summed E-state index contributed by atoms with van der Waals surface area (Å²) >= 11 is 0. The minimum atomic E-state index is -0.313. The lowest BCUT2D eigenvalue weighted by molar-refractivity contribution is 0.303. The van der Waals surface area contributed by atoms with Crippen LogP contribution in [0.1, 0.15) is 64.4 Å². The first-order valence-corrected chi connectivity index (χ1v) is 11.9. The molecular formula is C29H34F2O. The molecule has 3 rings (SSSR count). The molecule has 1 nitrogen and oxygen atoms in total. The fourth-order valence-electron chi connectivity index (χ4n) is 3.90. The smallest absolute Gasteiger partial charge is 0.134 e. The second kappa shape index (κ2) is 12.4. The van der Waals surface area contributed by atoms with Crippen LogP contribution >= 0.6 is 0 Å². The Morgan fingerprint density at radius 1 is 0.625 bits per heavy atom. The molecule has 0 aliphatic heterocycles. The maximum atomic E-state index is 14.7. The van der Waals surface area contributed by atoms with Crippen LogP contribution in [0.3, 0.4) is 0 Å². The number of aryl methyl sites for hydroxylation is 1. The van der Waals surface area contributed by atoms with Gasteiger partial charge in [0, 0.05) is 17.2 Å². The predicted molar refractivity (Wildman–Crippen MR) is 130 cm³/mol. The molecule has 0 aliphatic carbocycles. The second-order valence-electron chi connectivity index (χ2n) is 8.40. The van der Waals surface area contributed by atoms with E-state index in [0.717, 1.165) is 55.2 Å². The summed E-state index contributed by atoms with van der Waals surface area (Å²) in [5.74, 6) is 0.0326. The lowest BCUT2D eigenvalue weighted by Gasteiger charge is -2.10. The van der Waals surface area contributed by atoms with Gasteiger partial charge in [-0.1, -0.05) is 82.3 Å². The van der Waals surface area contributed by atoms with Crippen molar-refractivity contribution in [2.75, 3.05) is 6.61 Å². The van der Waals surface area contributed by atoms with Gasteiger partial charge in [0.2, 0.25) is 0 Å². The van der Waals surface area contributed by atoms with Crippen molar-refractivity contribution in [1.82, 2.24) is 0 Å². The molecule has 3 aromatic carbocycles. The SMILES string of the molecule is CCCCCCOc1ccc(-c2ccc(-c3ccc(CCCCC)cc3F)cc2)c(F)c1. The monoisotopic (exact) mass is 436 g/mol. The topological polar surface area (TPSA) is 9.23 Å². The average molecular weight is 437 g/mol. The summed E-state index contributed by atoms with van der Waals surface area (Å²) in [4.78, 5) is 0. The zero-order valence-electron chi connectivity index (χ0n) is 19.3. The molecule has 0 amide bonds. The summed E-state index contributed by atoms with van der Waals surface area (Å²) in [5.41, 5.74) is 3.67. The number of hydrogen-bond acceptors (Lipinski definition) is 1. The molecule has 0 spiro atoms. The largest absolute Gasteiger partial charge is 0.493 e. The van der Waals surface area contributed by atoms with Crippen molar-refractivity contribution < 1.29 is 13.5 Å². The summed E-state index contributed by atoms with van der Waals surface area (Å²) < 4.78 is 35.0. The minimum absolute atomic E-state index is 0.210. The molecular weight excluding hydrogens is 402 g/mol. The van der Waals surface area contributed by atoms with E-state index in [-0.39, 0.29) is 11.6 Å². The van der Waals surface area contributed by atoms with Gasteiger partial charge in [-0.25, -0.2) is 8.78 Å². The van der Waals surface area contributed by atoms with Crippen LogP contribution in [0, 0.1) is 11.6 Å². The highest BCUT2D eigenvalue weighted by Crippen LogP contribution is 2.30. The van der Waals surface area contributed by atoms with E-state index in [0.29, 0.717) is 23.5 Å². The number of hydrogen-bond donors (Lipinski definition) is 0. The van der Waals surface area contributed by atoms with Crippen molar-refractivity contribution in [3.63, 3.8) is 0 Å². The van der Waals surface area contributed by atoms with Crippen LogP contribution in [0.5, 0.6) is 5.75 Å². The highest BCUT2D eigenvalue weighted by atomic mass is 19.1. The Hall–Kier alpha value is -2.68. The number of benzene rings is 3. The molecule has 0 radical (unpaired) electrons. The Labute approximate surface area is 191 Å². The van der Waals surface area contributed by atoms with Gasteiger partial charge in [0.05, 0.1) is 6.61 Å². The Morgan fingerprint density at radius 2 is 1.22 bits per heavy atom. The minimum Gasteiger partial charge on any atom is -0.493 e. The molecule has 0 N–H and O–H groups in total. The molecule has 0 atom stereocenters. The van der Waals surface area contributed by atoms with Crippen LogP contribution < -0.4 is 4.74 Å². The highest BCUT2D eigenvalue weighted by molar-refractivity contribution is 5.71. The fraction of sp³-hybridized carbons (Fsp3) is 0.379. The molecule has 0 aliphatic rings. The first kappa shape index (κ1) is 24.0. The lowest BCUT2D eigenvalue weighted by atomic mass is 9.98. The molecule has 0 bridgehead atoms. The van der Waals surface area contributed by atoms with Crippen LogP contribution in [0.25, 0.3) is 22.3 Å². The van der Waals surface area contributed by atoms with Gasteiger partial charge in [0.25, 0.3) is 0 Å². The molecule has 3 heteroatoms. The first-order valence-electron chi connectivity index (χ1n) is 11.9. The molecule has 3 aromatic rings. The van der Waals surface area contributed by atoms with E-state index < -0.39 is 0 Å².